The van der Waals surface area contributed by atoms with Crippen molar-refractivity contribution >= 4 is 12.0 Å². The molecule has 0 bridgehead atoms. The fourth-order valence-corrected chi connectivity index (χ4v) is 2.67. The SMILES string of the molecule is NC(=O)c1cccc(OC(=O)N(Cc2ccccc2)Cc2ccccc2)c1. The minimum atomic E-state index is -0.571. The second-order valence-electron chi connectivity index (χ2n) is 6.09. The van der Waals surface area contributed by atoms with Gasteiger partial charge in [-0.15, -0.1) is 0 Å². The van der Waals surface area contributed by atoms with Crippen molar-refractivity contribution in [3.8, 4) is 5.75 Å². The number of amides is 2. The quantitative estimate of drug-likeness (QED) is 0.722. The summed E-state index contributed by atoms with van der Waals surface area (Å²) < 4.78 is 5.49. The van der Waals surface area contributed by atoms with Crippen molar-refractivity contribution in [2.45, 2.75) is 13.1 Å². The number of hydrogen-bond donors (Lipinski definition) is 1. The maximum absolute atomic E-state index is 12.8. The Labute approximate surface area is 158 Å². The molecule has 5 heteroatoms. The molecule has 5 nitrogen and oxygen atoms in total. The van der Waals surface area contributed by atoms with Gasteiger partial charge in [-0.25, -0.2) is 4.79 Å². The molecule has 0 atom stereocenters. The van der Waals surface area contributed by atoms with Gasteiger partial charge in [-0.05, 0) is 29.3 Å². The van der Waals surface area contributed by atoms with Crippen LogP contribution in [0, 0.1) is 0 Å². The normalized spacial score (nSPS) is 10.2. The Balaban J connectivity index is 1.79. The molecule has 2 amide bonds. The third kappa shape index (κ3) is 5.19. The van der Waals surface area contributed by atoms with Gasteiger partial charge in [0.2, 0.25) is 5.91 Å². The summed E-state index contributed by atoms with van der Waals surface area (Å²) in [5.41, 5.74) is 7.57. The van der Waals surface area contributed by atoms with Crippen LogP contribution in [0.3, 0.4) is 0 Å². The number of rotatable bonds is 6. The number of carbonyl (C=O) groups excluding carboxylic acids is 2. The molecule has 0 radical (unpaired) electrons. The van der Waals surface area contributed by atoms with E-state index in [0.717, 1.165) is 11.1 Å². The summed E-state index contributed by atoms with van der Waals surface area (Å²) in [6.45, 7) is 0.814. The molecule has 0 unspecified atom stereocenters. The molecule has 27 heavy (non-hydrogen) atoms. The molecule has 0 saturated carbocycles. The monoisotopic (exact) mass is 360 g/mol. The topological polar surface area (TPSA) is 72.6 Å². The van der Waals surface area contributed by atoms with E-state index >= 15 is 0 Å². The molecular formula is C22H20N2O3. The van der Waals surface area contributed by atoms with Crippen LogP contribution in [0.2, 0.25) is 0 Å². The van der Waals surface area contributed by atoms with E-state index in [-0.39, 0.29) is 11.3 Å². The van der Waals surface area contributed by atoms with Gasteiger partial charge in [0.25, 0.3) is 0 Å². The molecule has 2 N–H and O–H groups in total. The van der Waals surface area contributed by atoms with Crippen LogP contribution in [0.1, 0.15) is 21.5 Å². The molecule has 0 aliphatic carbocycles. The summed E-state index contributed by atoms with van der Waals surface area (Å²) >= 11 is 0. The van der Waals surface area contributed by atoms with Crippen LogP contribution in [0.4, 0.5) is 4.79 Å². The average Bonchev–Trinajstić information content (AvgIpc) is 2.69. The van der Waals surface area contributed by atoms with Crippen molar-refractivity contribution in [3.63, 3.8) is 0 Å². The Hall–Kier alpha value is -3.60. The number of ether oxygens (including phenoxy) is 1. The molecule has 136 valence electrons. The average molecular weight is 360 g/mol. The molecule has 3 aromatic rings. The lowest BCUT2D eigenvalue weighted by Crippen LogP contribution is -2.32. The molecule has 0 fully saturated rings. The van der Waals surface area contributed by atoms with Crippen LogP contribution in [0.25, 0.3) is 0 Å². The zero-order valence-electron chi connectivity index (χ0n) is 14.7. The van der Waals surface area contributed by atoms with E-state index in [1.165, 1.54) is 6.07 Å². The highest BCUT2D eigenvalue weighted by molar-refractivity contribution is 5.93. The molecule has 0 spiro atoms. The number of nitrogens with zero attached hydrogens (tertiary/aromatic N) is 1. The van der Waals surface area contributed by atoms with Crippen molar-refractivity contribution < 1.29 is 14.3 Å². The van der Waals surface area contributed by atoms with Crippen molar-refractivity contribution in [1.82, 2.24) is 4.90 Å². The highest BCUT2D eigenvalue weighted by atomic mass is 16.6. The molecule has 3 aromatic carbocycles. The van der Waals surface area contributed by atoms with E-state index in [0.29, 0.717) is 13.1 Å². The van der Waals surface area contributed by atoms with E-state index in [1.54, 1.807) is 23.1 Å². The number of hydrogen-bond acceptors (Lipinski definition) is 3. The first kappa shape index (κ1) is 18.2. The molecule has 3 rings (SSSR count). The highest BCUT2D eigenvalue weighted by Crippen LogP contribution is 2.17. The van der Waals surface area contributed by atoms with Gasteiger partial charge in [0, 0.05) is 18.7 Å². The summed E-state index contributed by atoms with van der Waals surface area (Å²) in [5.74, 6) is -0.291. The molecule has 0 saturated heterocycles. The molecule has 0 aromatic heterocycles. The summed E-state index contributed by atoms with van der Waals surface area (Å²) in [6, 6.07) is 25.7. The number of primary amides is 1. The molecule has 0 heterocycles. The van der Waals surface area contributed by atoms with Crippen molar-refractivity contribution in [2.24, 2.45) is 5.73 Å². The van der Waals surface area contributed by atoms with Gasteiger partial charge in [-0.1, -0.05) is 66.7 Å². The van der Waals surface area contributed by atoms with Gasteiger partial charge in [-0.2, -0.15) is 0 Å². The van der Waals surface area contributed by atoms with Gasteiger partial charge in [0.1, 0.15) is 5.75 Å². The molecule has 0 aliphatic heterocycles. The zero-order valence-corrected chi connectivity index (χ0v) is 14.7. The van der Waals surface area contributed by atoms with Crippen LogP contribution in [-0.2, 0) is 13.1 Å². The second-order valence-corrected chi connectivity index (χ2v) is 6.09. The first-order valence-electron chi connectivity index (χ1n) is 8.56. The zero-order chi connectivity index (χ0) is 19.1. The summed E-state index contributed by atoms with van der Waals surface area (Å²) in [5, 5.41) is 0. The first-order chi connectivity index (χ1) is 13.1. The Morgan fingerprint density at radius 3 is 1.85 bits per heavy atom. The van der Waals surface area contributed by atoms with Gasteiger partial charge in [0.05, 0.1) is 0 Å². The maximum Gasteiger partial charge on any atom is 0.415 e. The molecule has 0 aliphatic rings. The lowest BCUT2D eigenvalue weighted by molar-refractivity contribution is 0.0999. The van der Waals surface area contributed by atoms with Crippen LogP contribution in [0.15, 0.2) is 84.9 Å². The highest BCUT2D eigenvalue weighted by Gasteiger charge is 2.17. The maximum atomic E-state index is 12.8. The minimum absolute atomic E-state index is 0.280. The van der Waals surface area contributed by atoms with Gasteiger partial charge in [-0.3, -0.25) is 9.69 Å². The predicted octanol–water partition coefficient (Wildman–Crippen LogP) is 3.99. The standard InChI is InChI=1S/C22H20N2O3/c23-21(25)19-12-7-13-20(14-19)27-22(26)24(15-17-8-3-1-4-9-17)16-18-10-5-2-6-11-18/h1-14H,15-16H2,(H2,23,25). The third-order valence-electron chi connectivity index (χ3n) is 4.01. The lowest BCUT2D eigenvalue weighted by Gasteiger charge is -2.22. The van der Waals surface area contributed by atoms with Crippen LogP contribution < -0.4 is 10.5 Å². The van der Waals surface area contributed by atoms with Crippen LogP contribution in [0.5, 0.6) is 5.75 Å². The summed E-state index contributed by atoms with van der Waals surface area (Å²) in [4.78, 5) is 25.7. The minimum Gasteiger partial charge on any atom is -0.410 e. The van der Waals surface area contributed by atoms with E-state index in [1.807, 2.05) is 60.7 Å². The predicted molar refractivity (Wildman–Crippen MR) is 103 cm³/mol. The fraction of sp³-hybridized carbons (Fsp3) is 0.0909. The van der Waals surface area contributed by atoms with Gasteiger partial charge >= 0.3 is 6.09 Å². The number of benzene rings is 3. The van der Waals surface area contributed by atoms with E-state index in [2.05, 4.69) is 0 Å². The van der Waals surface area contributed by atoms with Gasteiger partial charge in [0.15, 0.2) is 0 Å². The van der Waals surface area contributed by atoms with Crippen LogP contribution >= 0.6 is 0 Å². The summed E-state index contributed by atoms with van der Waals surface area (Å²) in [7, 11) is 0. The number of carbonyl (C=O) groups is 2. The van der Waals surface area contributed by atoms with Crippen LogP contribution in [-0.4, -0.2) is 16.9 Å². The largest absolute Gasteiger partial charge is 0.415 e. The Morgan fingerprint density at radius 1 is 0.778 bits per heavy atom. The first-order valence-corrected chi connectivity index (χ1v) is 8.56. The number of nitrogens with two attached hydrogens (primary N) is 1. The van der Waals surface area contributed by atoms with Crippen molar-refractivity contribution in [2.75, 3.05) is 0 Å². The van der Waals surface area contributed by atoms with E-state index in [9.17, 15) is 9.59 Å². The third-order valence-corrected chi connectivity index (χ3v) is 4.01. The Kier molecular flexibility index (Phi) is 5.84. The van der Waals surface area contributed by atoms with E-state index in [4.69, 9.17) is 10.5 Å². The van der Waals surface area contributed by atoms with Gasteiger partial charge < -0.3 is 10.5 Å². The van der Waals surface area contributed by atoms with Crippen molar-refractivity contribution in [3.05, 3.63) is 102 Å². The smallest absolute Gasteiger partial charge is 0.410 e. The Bertz CT molecular complexity index is 870. The second kappa shape index (κ2) is 8.67. The molecular weight excluding hydrogens is 340 g/mol. The lowest BCUT2D eigenvalue weighted by atomic mass is 10.2. The summed E-state index contributed by atoms with van der Waals surface area (Å²) in [6.07, 6.45) is -0.496. The fourth-order valence-electron chi connectivity index (χ4n) is 2.67. The van der Waals surface area contributed by atoms with E-state index < -0.39 is 12.0 Å². The van der Waals surface area contributed by atoms with Crippen molar-refractivity contribution in [1.29, 1.82) is 0 Å². The Morgan fingerprint density at radius 2 is 1.33 bits per heavy atom.